The van der Waals surface area contributed by atoms with Crippen LogP contribution in [0.1, 0.15) is 19.3 Å². The SMILES string of the molecule is c1ccc(-c2nc3ccc(N4CCCCC4)nc3o2)cc1. The maximum atomic E-state index is 5.84. The van der Waals surface area contributed by atoms with Crippen LogP contribution in [-0.4, -0.2) is 23.1 Å². The van der Waals surface area contributed by atoms with E-state index >= 15 is 0 Å². The molecule has 0 bridgehead atoms. The Morgan fingerprint density at radius 1 is 0.857 bits per heavy atom. The summed E-state index contributed by atoms with van der Waals surface area (Å²) < 4.78 is 5.84. The van der Waals surface area contributed by atoms with E-state index in [9.17, 15) is 0 Å². The van der Waals surface area contributed by atoms with E-state index in [1.165, 1.54) is 19.3 Å². The summed E-state index contributed by atoms with van der Waals surface area (Å²) in [5.41, 5.74) is 2.42. The third-order valence-electron chi connectivity index (χ3n) is 3.94. The van der Waals surface area contributed by atoms with Gasteiger partial charge in [0.2, 0.25) is 11.6 Å². The number of hydrogen-bond acceptors (Lipinski definition) is 4. The van der Waals surface area contributed by atoms with E-state index < -0.39 is 0 Å². The van der Waals surface area contributed by atoms with Crippen LogP contribution in [-0.2, 0) is 0 Å². The van der Waals surface area contributed by atoms with Crippen molar-refractivity contribution >= 4 is 17.0 Å². The predicted molar refractivity (Wildman–Crippen MR) is 83.3 cm³/mol. The van der Waals surface area contributed by atoms with Crippen LogP contribution in [0.25, 0.3) is 22.7 Å². The van der Waals surface area contributed by atoms with Crippen LogP contribution >= 0.6 is 0 Å². The first kappa shape index (κ1) is 12.4. The number of aromatic nitrogens is 2. The molecule has 1 aliphatic rings. The summed E-state index contributed by atoms with van der Waals surface area (Å²) in [7, 11) is 0. The molecule has 0 unspecified atom stereocenters. The number of rotatable bonds is 2. The average molecular weight is 279 g/mol. The molecule has 3 heterocycles. The topological polar surface area (TPSA) is 42.2 Å². The number of anilines is 1. The lowest BCUT2D eigenvalue weighted by atomic mass is 10.1. The molecule has 1 saturated heterocycles. The summed E-state index contributed by atoms with van der Waals surface area (Å²) in [6.45, 7) is 2.16. The third kappa shape index (κ3) is 2.37. The van der Waals surface area contributed by atoms with Gasteiger partial charge in [-0.2, -0.15) is 4.98 Å². The fraction of sp³-hybridized carbons (Fsp3) is 0.294. The monoisotopic (exact) mass is 279 g/mol. The highest BCUT2D eigenvalue weighted by molar-refractivity contribution is 5.74. The van der Waals surface area contributed by atoms with Crippen molar-refractivity contribution in [2.24, 2.45) is 0 Å². The Morgan fingerprint density at radius 2 is 1.67 bits per heavy atom. The average Bonchev–Trinajstić information content (AvgIpc) is 2.99. The number of benzene rings is 1. The van der Waals surface area contributed by atoms with E-state index in [0.29, 0.717) is 11.6 Å². The van der Waals surface area contributed by atoms with Crippen LogP contribution in [0.3, 0.4) is 0 Å². The standard InChI is InChI=1S/C17H17N3O/c1-3-7-13(8-4-1)16-18-14-9-10-15(19-17(14)21-16)20-11-5-2-6-12-20/h1,3-4,7-10H,2,5-6,11-12H2. The maximum Gasteiger partial charge on any atom is 0.249 e. The van der Waals surface area contributed by atoms with Crippen molar-refractivity contribution in [3.05, 3.63) is 42.5 Å². The van der Waals surface area contributed by atoms with Gasteiger partial charge in [0.25, 0.3) is 0 Å². The van der Waals surface area contributed by atoms with Crippen LogP contribution in [0.2, 0.25) is 0 Å². The lowest BCUT2D eigenvalue weighted by Crippen LogP contribution is -2.29. The van der Waals surface area contributed by atoms with E-state index in [4.69, 9.17) is 4.42 Å². The molecular weight excluding hydrogens is 262 g/mol. The molecule has 1 aliphatic heterocycles. The second-order valence-corrected chi connectivity index (χ2v) is 5.43. The quantitative estimate of drug-likeness (QED) is 0.714. The highest BCUT2D eigenvalue weighted by Gasteiger charge is 2.15. The minimum Gasteiger partial charge on any atom is -0.418 e. The van der Waals surface area contributed by atoms with Crippen molar-refractivity contribution in [2.75, 3.05) is 18.0 Å². The number of pyridine rings is 1. The van der Waals surface area contributed by atoms with Gasteiger partial charge in [-0.25, -0.2) is 4.98 Å². The van der Waals surface area contributed by atoms with E-state index in [1.54, 1.807) is 0 Å². The van der Waals surface area contributed by atoms with Gasteiger partial charge in [0.15, 0.2) is 0 Å². The zero-order valence-electron chi connectivity index (χ0n) is 11.8. The molecule has 106 valence electrons. The van der Waals surface area contributed by atoms with Crippen LogP contribution < -0.4 is 4.90 Å². The van der Waals surface area contributed by atoms with Gasteiger partial charge >= 0.3 is 0 Å². The summed E-state index contributed by atoms with van der Waals surface area (Å²) in [5, 5.41) is 0. The summed E-state index contributed by atoms with van der Waals surface area (Å²) in [6.07, 6.45) is 3.80. The number of hydrogen-bond donors (Lipinski definition) is 0. The Kier molecular flexibility index (Phi) is 3.07. The maximum absolute atomic E-state index is 5.84. The Labute approximate surface area is 123 Å². The molecule has 0 atom stereocenters. The minimum atomic E-state index is 0.622. The highest BCUT2D eigenvalue weighted by atomic mass is 16.4. The van der Waals surface area contributed by atoms with E-state index in [0.717, 1.165) is 30.0 Å². The molecule has 4 rings (SSSR count). The van der Waals surface area contributed by atoms with Crippen molar-refractivity contribution in [3.8, 4) is 11.5 Å². The molecule has 21 heavy (non-hydrogen) atoms. The first-order valence-corrected chi connectivity index (χ1v) is 7.48. The molecule has 3 aromatic rings. The van der Waals surface area contributed by atoms with E-state index in [-0.39, 0.29) is 0 Å². The Balaban J connectivity index is 1.71. The van der Waals surface area contributed by atoms with E-state index in [1.807, 2.05) is 42.5 Å². The molecule has 4 nitrogen and oxygen atoms in total. The van der Waals surface area contributed by atoms with Crippen molar-refractivity contribution in [3.63, 3.8) is 0 Å². The number of piperidine rings is 1. The van der Waals surface area contributed by atoms with Gasteiger partial charge in [0.05, 0.1) is 0 Å². The van der Waals surface area contributed by atoms with Gasteiger partial charge in [-0.05, 0) is 43.5 Å². The fourth-order valence-electron chi connectivity index (χ4n) is 2.81. The smallest absolute Gasteiger partial charge is 0.249 e. The Hall–Kier alpha value is -2.36. The Bertz CT molecular complexity index is 745. The fourth-order valence-corrected chi connectivity index (χ4v) is 2.81. The van der Waals surface area contributed by atoms with Crippen LogP contribution in [0.5, 0.6) is 0 Å². The third-order valence-corrected chi connectivity index (χ3v) is 3.94. The van der Waals surface area contributed by atoms with Crippen LogP contribution in [0.4, 0.5) is 5.82 Å². The van der Waals surface area contributed by atoms with Gasteiger partial charge in [0.1, 0.15) is 11.3 Å². The molecule has 0 aliphatic carbocycles. The van der Waals surface area contributed by atoms with Gasteiger partial charge < -0.3 is 9.32 Å². The van der Waals surface area contributed by atoms with Crippen LogP contribution in [0, 0.1) is 0 Å². The van der Waals surface area contributed by atoms with Crippen molar-refractivity contribution in [2.45, 2.75) is 19.3 Å². The Morgan fingerprint density at radius 3 is 2.48 bits per heavy atom. The first-order chi connectivity index (χ1) is 10.4. The summed E-state index contributed by atoms with van der Waals surface area (Å²) in [4.78, 5) is 11.5. The molecule has 0 saturated carbocycles. The number of fused-ring (bicyclic) bond motifs is 1. The predicted octanol–water partition coefficient (Wildman–Crippen LogP) is 3.88. The number of oxazole rings is 1. The van der Waals surface area contributed by atoms with Crippen molar-refractivity contribution in [1.29, 1.82) is 0 Å². The molecular formula is C17H17N3O. The van der Waals surface area contributed by atoms with Crippen LogP contribution in [0.15, 0.2) is 46.9 Å². The molecule has 0 spiro atoms. The summed E-state index contributed by atoms with van der Waals surface area (Å²) in [5.74, 6) is 1.63. The molecule has 1 aromatic carbocycles. The second-order valence-electron chi connectivity index (χ2n) is 5.43. The summed E-state index contributed by atoms with van der Waals surface area (Å²) in [6, 6.07) is 14.0. The molecule has 4 heteroatoms. The molecule has 0 N–H and O–H groups in total. The molecule has 0 radical (unpaired) electrons. The largest absolute Gasteiger partial charge is 0.418 e. The first-order valence-electron chi connectivity index (χ1n) is 7.48. The lowest BCUT2D eigenvalue weighted by molar-refractivity contribution is 0.569. The normalized spacial score (nSPS) is 15.5. The summed E-state index contributed by atoms with van der Waals surface area (Å²) >= 11 is 0. The van der Waals surface area contributed by atoms with Gasteiger partial charge in [-0.3, -0.25) is 0 Å². The second kappa shape index (κ2) is 5.20. The van der Waals surface area contributed by atoms with Crippen molar-refractivity contribution < 1.29 is 4.42 Å². The lowest BCUT2D eigenvalue weighted by Gasteiger charge is -2.27. The molecule has 2 aromatic heterocycles. The number of nitrogens with zero attached hydrogens (tertiary/aromatic N) is 3. The molecule has 0 amide bonds. The zero-order chi connectivity index (χ0) is 14.1. The molecule has 1 fully saturated rings. The van der Waals surface area contributed by atoms with Gasteiger partial charge in [-0.1, -0.05) is 18.2 Å². The van der Waals surface area contributed by atoms with E-state index in [2.05, 4.69) is 14.9 Å². The zero-order valence-corrected chi connectivity index (χ0v) is 11.8. The van der Waals surface area contributed by atoms with Gasteiger partial charge in [0, 0.05) is 18.7 Å². The van der Waals surface area contributed by atoms with Crippen molar-refractivity contribution in [1.82, 2.24) is 9.97 Å². The minimum absolute atomic E-state index is 0.622. The van der Waals surface area contributed by atoms with Gasteiger partial charge in [-0.15, -0.1) is 0 Å². The highest BCUT2D eigenvalue weighted by Crippen LogP contribution is 2.25.